The molecule has 0 bridgehead atoms. The Labute approximate surface area is 92.9 Å². The van der Waals surface area contributed by atoms with E-state index < -0.39 is 0 Å². The second kappa shape index (κ2) is 6.95. The predicted octanol–water partition coefficient (Wildman–Crippen LogP) is 3.46. The second-order valence-corrected chi connectivity index (χ2v) is 3.58. The number of hydrogen-bond acceptors (Lipinski definition) is 1. The van der Waals surface area contributed by atoms with E-state index >= 15 is 0 Å². The van der Waals surface area contributed by atoms with Gasteiger partial charge in [-0.1, -0.05) is 31.4 Å². The molecule has 0 aliphatic heterocycles. The van der Waals surface area contributed by atoms with Crippen molar-refractivity contribution in [3.63, 3.8) is 0 Å². The molecule has 0 unspecified atom stereocenters. The van der Waals surface area contributed by atoms with Gasteiger partial charge < -0.3 is 5.32 Å². The fraction of sp³-hybridized carbons (Fsp3) is 0.429. The average molecular weight is 201 g/mol. The van der Waals surface area contributed by atoms with E-state index in [4.69, 9.17) is 0 Å². The Morgan fingerprint density at radius 1 is 1.20 bits per heavy atom. The highest BCUT2D eigenvalue weighted by molar-refractivity contribution is 5.45. The third kappa shape index (κ3) is 4.56. The summed E-state index contributed by atoms with van der Waals surface area (Å²) in [5.41, 5.74) is 2.57. The molecule has 1 aromatic rings. The summed E-state index contributed by atoms with van der Waals surface area (Å²) in [6, 6.07) is 8.64. The lowest BCUT2D eigenvalue weighted by Gasteiger charge is -2.04. The highest BCUT2D eigenvalue weighted by Gasteiger charge is 1.93. The largest absolute Gasteiger partial charge is 0.374 e. The van der Waals surface area contributed by atoms with Gasteiger partial charge in [0.15, 0.2) is 0 Å². The van der Waals surface area contributed by atoms with Gasteiger partial charge in [-0.3, -0.25) is 0 Å². The summed E-state index contributed by atoms with van der Waals surface area (Å²) in [4.78, 5) is 0. The minimum absolute atomic E-state index is 0.727. The Hall–Kier alpha value is -1.42. The summed E-state index contributed by atoms with van der Waals surface area (Å²) in [5.74, 6) is 5.85. The highest BCUT2D eigenvalue weighted by Crippen LogP contribution is 2.11. The molecule has 1 N–H and O–H groups in total. The number of nitrogens with one attached hydrogen (secondary N) is 1. The molecule has 0 aliphatic carbocycles. The molecule has 1 heteroatoms. The maximum atomic E-state index is 3.26. The van der Waals surface area contributed by atoms with Crippen LogP contribution in [-0.2, 0) is 6.42 Å². The zero-order valence-corrected chi connectivity index (χ0v) is 9.64. The maximum Gasteiger partial charge on any atom is 0.0765 e. The Bertz CT molecular complexity index is 327. The van der Waals surface area contributed by atoms with Crippen LogP contribution in [0.25, 0.3) is 0 Å². The van der Waals surface area contributed by atoms with Crippen molar-refractivity contribution in [1.82, 2.24) is 0 Å². The van der Waals surface area contributed by atoms with Gasteiger partial charge in [0, 0.05) is 5.69 Å². The predicted molar refractivity (Wildman–Crippen MR) is 67.0 cm³/mol. The lowest BCUT2D eigenvalue weighted by atomic mass is 10.1. The van der Waals surface area contributed by atoms with E-state index in [1.165, 1.54) is 24.8 Å². The van der Waals surface area contributed by atoms with E-state index in [2.05, 4.69) is 48.3 Å². The van der Waals surface area contributed by atoms with Crippen molar-refractivity contribution >= 4 is 5.69 Å². The van der Waals surface area contributed by atoms with Gasteiger partial charge in [0.05, 0.1) is 6.54 Å². The summed E-state index contributed by atoms with van der Waals surface area (Å²) in [6.45, 7) is 4.81. The minimum atomic E-state index is 0.727. The van der Waals surface area contributed by atoms with Crippen molar-refractivity contribution in [1.29, 1.82) is 0 Å². The van der Waals surface area contributed by atoms with Crippen LogP contribution in [0.15, 0.2) is 24.3 Å². The van der Waals surface area contributed by atoms with Crippen LogP contribution < -0.4 is 5.32 Å². The van der Waals surface area contributed by atoms with Crippen molar-refractivity contribution in [2.45, 2.75) is 33.1 Å². The van der Waals surface area contributed by atoms with Crippen molar-refractivity contribution < 1.29 is 0 Å². The second-order valence-electron chi connectivity index (χ2n) is 3.58. The molecule has 1 nitrogen and oxygen atoms in total. The first kappa shape index (κ1) is 11.7. The zero-order valence-electron chi connectivity index (χ0n) is 9.64. The molecular weight excluding hydrogens is 182 g/mol. The van der Waals surface area contributed by atoms with Gasteiger partial charge in [-0.15, -0.1) is 5.92 Å². The van der Waals surface area contributed by atoms with Gasteiger partial charge in [-0.2, -0.15) is 0 Å². The first-order valence-corrected chi connectivity index (χ1v) is 5.59. The van der Waals surface area contributed by atoms with E-state index in [1.54, 1.807) is 0 Å². The molecule has 0 aliphatic rings. The van der Waals surface area contributed by atoms with Gasteiger partial charge in [-0.25, -0.2) is 0 Å². The SMILES string of the molecule is CC#CCNc1ccc(CCCC)cc1. The summed E-state index contributed by atoms with van der Waals surface area (Å²) in [7, 11) is 0. The summed E-state index contributed by atoms with van der Waals surface area (Å²) in [6.07, 6.45) is 3.71. The molecule has 0 saturated carbocycles. The van der Waals surface area contributed by atoms with Crippen molar-refractivity contribution in [2.24, 2.45) is 0 Å². The van der Waals surface area contributed by atoms with Crippen LogP contribution >= 0.6 is 0 Å². The molecule has 1 rings (SSSR count). The molecule has 80 valence electrons. The Kier molecular flexibility index (Phi) is 5.40. The third-order valence-electron chi connectivity index (χ3n) is 2.33. The van der Waals surface area contributed by atoms with E-state index in [-0.39, 0.29) is 0 Å². The van der Waals surface area contributed by atoms with Crippen LogP contribution in [0.5, 0.6) is 0 Å². The van der Waals surface area contributed by atoms with Crippen LogP contribution in [0.1, 0.15) is 32.3 Å². The van der Waals surface area contributed by atoms with Crippen molar-refractivity contribution in [3.05, 3.63) is 29.8 Å². The molecule has 15 heavy (non-hydrogen) atoms. The summed E-state index contributed by atoms with van der Waals surface area (Å²) in [5, 5.41) is 3.26. The van der Waals surface area contributed by atoms with E-state index in [0.29, 0.717) is 0 Å². The number of unbranched alkanes of at least 4 members (excludes halogenated alkanes) is 1. The molecule has 1 aromatic carbocycles. The lowest BCUT2D eigenvalue weighted by Crippen LogP contribution is -1.98. The molecule has 0 amide bonds. The molecule has 0 radical (unpaired) electrons. The van der Waals surface area contributed by atoms with Crippen LogP contribution in [-0.4, -0.2) is 6.54 Å². The number of rotatable bonds is 5. The van der Waals surface area contributed by atoms with Crippen LogP contribution in [0.4, 0.5) is 5.69 Å². The first-order valence-electron chi connectivity index (χ1n) is 5.59. The Morgan fingerprint density at radius 3 is 2.53 bits per heavy atom. The number of aryl methyl sites for hydroxylation is 1. The van der Waals surface area contributed by atoms with Crippen LogP contribution in [0.3, 0.4) is 0 Å². The first-order chi connectivity index (χ1) is 7.36. The third-order valence-corrected chi connectivity index (χ3v) is 2.33. The topological polar surface area (TPSA) is 12.0 Å². The molecule has 0 atom stereocenters. The Balaban J connectivity index is 2.43. The molecule has 0 heterocycles. The van der Waals surface area contributed by atoms with Crippen LogP contribution in [0, 0.1) is 11.8 Å². The molecule has 0 aromatic heterocycles. The Morgan fingerprint density at radius 2 is 1.93 bits per heavy atom. The summed E-state index contributed by atoms with van der Waals surface area (Å²) >= 11 is 0. The smallest absolute Gasteiger partial charge is 0.0765 e. The van der Waals surface area contributed by atoms with Gasteiger partial charge >= 0.3 is 0 Å². The number of hydrogen-bond donors (Lipinski definition) is 1. The van der Waals surface area contributed by atoms with Gasteiger partial charge in [0.2, 0.25) is 0 Å². The van der Waals surface area contributed by atoms with E-state index in [1.807, 2.05) is 6.92 Å². The normalized spacial score (nSPS) is 9.20. The monoisotopic (exact) mass is 201 g/mol. The fourth-order valence-corrected chi connectivity index (χ4v) is 1.40. The molecule has 0 saturated heterocycles. The lowest BCUT2D eigenvalue weighted by molar-refractivity contribution is 0.795. The zero-order chi connectivity index (χ0) is 10.9. The standard InChI is InChI=1S/C14H19N/c1-3-5-7-13-8-10-14(11-9-13)15-12-6-4-2/h8-11,15H,3,5,7,12H2,1-2H3. The van der Waals surface area contributed by atoms with Crippen LogP contribution in [0.2, 0.25) is 0 Å². The summed E-state index contributed by atoms with van der Waals surface area (Å²) < 4.78 is 0. The molecule has 0 fully saturated rings. The van der Waals surface area contributed by atoms with Gasteiger partial charge in [0.25, 0.3) is 0 Å². The van der Waals surface area contributed by atoms with Gasteiger partial charge in [0.1, 0.15) is 0 Å². The maximum absolute atomic E-state index is 3.26. The van der Waals surface area contributed by atoms with Gasteiger partial charge in [-0.05, 0) is 37.5 Å². The molecular formula is C14H19N. The average Bonchev–Trinajstić information content (AvgIpc) is 2.28. The number of anilines is 1. The van der Waals surface area contributed by atoms with E-state index in [0.717, 1.165) is 12.2 Å². The number of benzene rings is 1. The van der Waals surface area contributed by atoms with Crippen molar-refractivity contribution in [3.8, 4) is 11.8 Å². The van der Waals surface area contributed by atoms with E-state index in [9.17, 15) is 0 Å². The highest BCUT2D eigenvalue weighted by atomic mass is 14.8. The minimum Gasteiger partial charge on any atom is -0.374 e. The van der Waals surface area contributed by atoms with Crippen molar-refractivity contribution in [2.75, 3.05) is 11.9 Å². The quantitative estimate of drug-likeness (QED) is 0.719. The molecule has 0 spiro atoms. The fourth-order valence-electron chi connectivity index (χ4n) is 1.40.